The Bertz CT molecular complexity index is 1520. The van der Waals surface area contributed by atoms with E-state index >= 15 is 0 Å². The molecule has 1 saturated heterocycles. The minimum absolute atomic E-state index is 0.0864. The van der Waals surface area contributed by atoms with Gasteiger partial charge in [-0.1, -0.05) is 25.4 Å². The largest absolute Gasteiger partial charge is 0.416 e. The fraction of sp³-hybridized carbons (Fsp3) is 0.407. The van der Waals surface area contributed by atoms with Crippen molar-refractivity contribution in [2.24, 2.45) is 5.92 Å². The van der Waals surface area contributed by atoms with Gasteiger partial charge in [-0.3, -0.25) is 9.59 Å². The van der Waals surface area contributed by atoms with Crippen LogP contribution < -0.4 is 10.0 Å². The molecule has 10 nitrogen and oxygen atoms in total. The van der Waals surface area contributed by atoms with Crippen molar-refractivity contribution in [1.82, 2.24) is 29.7 Å². The molecule has 2 amide bonds. The molecule has 4 rings (SSSR count). The molecule has 2 aromatic carbocycles. The van der Waals surface area contributed by atoms with Crippen molar-refractivity contribution in [2.45, 2.75) is 62.8 Å². The molecule has 0 aliphatic carbocycles. The first kappa shape index (κ1) is 31.4. The number of carbonyl (C=O) groups excluding carboxylic acids is 2. The van der Waals surface area contributed by atoms with E-state index in [2.05, 4.69) is 20.1 Å². The van der Waals surface area contributed by atoms with Gasteiger partial charge in [-0.15, -0.1) is 0 Å². The number of hydrogen-bond acceptors (Lipinski definition) is 6. The third-order valence-electron chi connectivity index (χ3n) is 6.79. The Morgan fingerprint density at radius 3 is 2.48 bits per heavy atom. The van der Waals surface area contributed by atoms with Crippen LogP contribution in [-0.2, 0) is 32.3 Å². The summed E-state index contributed by atoms with van der Waals surface area (Å²) in [5.74, 6) is -1.11. The molecule has 0 saturated carbocycles. The van der Waals surface area contributed by atoms with Crippen molar-refractivity contribution in [3.63, 3.8) is 0 Å². The van der Waals surface area contributed by atoms with Gasteiger partial charge in [0.15, 0.2) is 0 Å². The highest BCUT2D eigenvalue weighted by Gasteiger charge is 2.39. The zero-order valence-corrected chi connectivity index (χ0v) is 24.4. The minimum atomic E-state index is -4.62. The Labute approximate surface area is 246 Å². The molecule has 42 heavy (non-hydrogen) atoms. The van der Waals surface area contributed by atoms with E-state index < -0.39 is 50.6 Å². The zero-order chi connectivity index (χ0) is 30.7. The predicted octanol–water partition coefficient (Wildman–Crippen LogP) is 3.94. The lowest BCUT2D eigenvalue weighted by Gasteiger charge is -2.29. The topological polar surface area (TPSA) is 126 Å². The van der Waals surface area contributed by atoms with E-state index in [0.717, 1.165) is 12.1 Å². The average Bonchev–Trinajstić information content (AvgIpc) is 3.63. The van der Waals surface area contributed by atoms with Crippen LogP contribution in [0.25, 0.3) is 5.69 Å². The summed E-state index contributed by atoms with van der Waals surface area (Å²) in [6.07, 6.45) is -0.714. The first-order valence-corrected chi connectivity index (χ1v) is 15.0. The molecule has 226 valence electrons. The van der Waals surface area contributed by atoms with Crippen molar-refractivity contribution in [3.8, 4) is 5.69 Å². The average molecular weight is 627 g/mol. The summed E-state index contributed by atoms with van der Waals surface area (Å²) in [6, 6.07) is 6.08. The van der Waals surface area contributed by atoms with E-state index in [1.165, 1.54) is 22.2 Å². The second-order valence-corrected chi connectivity index (χ2v) is 12.5. The maximum Gasteiger partial charge on any atom is 0.416 e. The lowest BCUT2D eigenvalue weighted by molar-refractivity contribution is -0.140. The quantitative estimate of drug-likeness (QED) is 0.351. The maximum absolute atomic E-state index is 13.7. The molecule has 2 N–H and O–H groups in total. The van der Waals surface area contributed by atoms with Gasteiger partial charge in [-0.2, -0.15) is 23.0 Å². The lowest BCUT2D eigenvalue weighted by Crippen LogP contribution is -2.53. The summed E-state index contributed by atoms with van der Waals surface area (Å²) in [4.78, 5) is 31.8. The van der Waals surface area contributed by atoms with Crippen LogP contribution in [0.4, 0.5) is 13.2 Å². The molecule has 0 radical (unpaired) electrons. The Balaban J connectivity index is 1.49. The van der Waals surface area contributed by atoms with Gasteiger partial charge in [0.1, 0.15) is 24.7 Å². The monoisotopic (exact) mass is 626 g/mol. The number of rotatable bonds is 10. The lowest BCUT2D eigenvalue weighted by atomic mass is 10.0. The molecule has 15 heteroatoms. The molecule has 0 spiro atoms. The van der Waals surface area contributed by atoms with Gasteiger partial charge in [0.2, 0.25) is 21.8 Å². The Morgan fingerprint density at radius 1 is 1.14 bits per heavy atom. The van der Waals surface area contributed by atoms with Crippen LogP contribution >= 0.6 is 11.6 Å². The molecule has 1 fully saturated rings. The number of aromatic nitrogens is 3. The first-order valence-electron chi connectivity index (χ1n) is 13.2. The van der Waals surface area contributed by atoms with Crippen molar-refractivity contribution in [3.05, 3.63) is 71.3 Å². The van der Waals surface area contributed by atoms with Crippen LogP contribution in [0.1, 0.15) is 44.2 Å². The van der Waals surface area contributed by atoms with E-state index in [1.54, 1.807) is 32.0 Å². The number of likely N-dealkylation sites (tertiary alicyclic amines) is 1. The molecule has 2 atom stereocenters. The van der Waals surface area contributed by atoms with Gasteiger partial charge in [0.05, 0.1) is 16.1 Å². The van der Waals surface area contributed by atoms with Gasteiger partial charge in [-0.05, 0) is 73.2 Å². The highest BCUT2D eigenvalue weighted by Crippen LogP contribution is 2.30. The molecule has 1 aliphatic heterocycles. The second-order valence-electron chi connectivity index (χ2n) is 10.3. The number of sulfonamides is 1. The fourth-order valence-electron chi connectivity index (χ4n) is 4.80. The molecule has 2 heterocycles. The summed E-state index contributed by atoms with van der Waals surface area (Å²) in [7, 11) is -4.35. The highest BCUT2D eigenvalue weighted by molar-refractivity contribution is 7.89. The van der Waals surface area contributed by atoms with Gasteiger partial charge in [0, 0.05) is 18.1 Å². The smallest absolute Gasteiger partial charge is 0.350 e. The Morgan fingerprint density at radius 2 is 1.86 bits per heavy atom. The first-order chi connectivity index (χ1) is 19.8. The summed E-state index contributed by atoms with van der Waals surface area (Å²) in [5.41, 5.74) is 0.332. The summed E-state index contributed by atoms with van der Waals surface area (Å²) in [5, 5.41) is 7.42. The summed E-state index contributed by atoms with van der Waals surface area (Å²) < 4.78 is 68.9. The fourth-order valence-corrected chi connectivity index (χ4v) is 6.20. The molecular weight excluding hydrogens is 597 g/mol. The molecule has 0 unspecified atom stereocenters. The van der Waals surface area contributed by atoms with Gasteiger partial charge in [0.25, 0.3) is 0 Å². The van der Waals surface area contributed by atoms with Crippen LogP contribution in [0.5, 0.6) is 0 Å². The van der Waals surface area contributed by atoms with E-state index in [0.29, 0.717) is 41.2 Å². The van der Waals surface area contributed by atoms with Crippen molar-refractivity contribution >= 4 is 33.4 Å². The number of carbonyl (C=O) groups is 2. The Kier molecular flexibility index (Phi) is 9.58. The number of benzene rings is 2. The molecular formula is C27H30ClF3N6O4S. The van der Waals surface area contributed by atoms with Crippen LogP contribution in [0.3, 0.4) is 0 Å². The van der Waals surface area contributed by atoms with E-state index in [-0.39, 0.29) is 25.4 Å². The van der Waals surface area contributed by atoms with Crippen LogP contribution in [0.2, 0.25) is 5.02 Å². The molecule has 0 bridgehead atoms. The SMILES string of the molecule is CC(C)C[C@H](NS(=O)(=O)c1ccc(C(F)(F)F)cc1)C(=O)N1CCC[C@H]1C(=O)NCc1cc(Cl)ccc1-n1cncn1. The van der Waals surface area contributed by atoms with Crippen molar-refractivity contribution in [2.75, 3.05) is 6.54 Å². The van der Waals surface area contributed by atoms with Gasteiger partial charge >= 0.3 is 6.18 Å². The van der Waals surface area contributed by atoms with E-state index in [9.17, 15) is 31.2 Å². The molecule has 3 aromatic rings. The number of nitrogens with one attached hydrogen (secondary N) is 2. The minimum Gasteiger partial charge on any atom is -0.350 e. The second kappa shape index (κ2) is 12.8. The zero-order valence-electron chi connectivity index (χ0n) is 22.8. The number of nitrogens with zero attached hydrogens (tertiary/aromatic N) is 4. The number of halogens is 4. The highest BCUT2D eigenvalue weighted by atomic mass is 35.5. The van der Waals surface area contributed by atoms with Crippen molar-refractivity contribution < 1.29 is 31.2 Å². The standard InChI is InChI=1S/C27H30ClF3N6O4S/c1-17(2)12-22(35-42(40,41)21-8-5-19(6-9-21)27(29,30)31)26(39)36-11-3-4-24(36)25(38)33-14-18-13-20(28)7-10-23(18)37-16-32-15-34-37/h5-10,13,15-17,22,24,35H,3-4,11-12,14H2,1-2H3,(H,33,38)/t22-,24-/m0/s1. The predicted molar refractivity (Wildman–Crippen MR) is 148 cm³/mol. The van der Waals surface area contributed by atoms with Gasteiger partial charge < -0.3 is 10.2 Å². The number of amides is 2. The van der Waals surface area contributed by atoms with E-state index in [4.69, 9.17) is 11.6 Å². The van der Waals surface area contributed by atoms with E-state index in [1.807, 2.05) is 0 Å². The normalized spacial score (nSPS) is 16.5. The molecule has 1 aromatic heterocycles. The molecule has 1 aliphatic rings. The number of alkyl halides is 3. The van der Waals surface area contributed by atoms with Crippen LogP contribution in [-0.4, -0.2) is 58.5 Å². The van der Waals surface area contributed by atoms with Crippen LogP contribution in [0, 0.1) is 5.92 Å². The van der Waals surface area contributed by atoms with Crippen LogP contribution in [0.15, 0.2) is 60.0 Å². The summed E-state index contributed by atoms with van der Waals surface area (Å²) >= 11 is 6.17. The maximum atomic E-state index is 13.7. The summed E-state index contributed by atoms with van der Waals surface area (Å²) in [6.45, 7) is 3.94. The number of hydrogen-bond donors (Lipinski definition) is 2. The Hall–Kier alpha value is -3.49. The van der Waals surface area contributed by atoms with Crippen molar-refractivity contribution in [1.29, 1.82) is 0 Å². The third kappa shape index (κ3) is 7.47. The third-order valence-corrected chi connectivity index (χ3v) is 8.52. The van der Waals surface area contributed by atoms with Gasteiger partial charge in [-0.25, -0.2) is 18.1 Å².